The number of halogens is 1. The third-order valence-corrected chi connectivity index (χ3v) is 3.53. The highest BCUT2D eigenvalue weighted by Crippen LogP contribution is 2.23. The van der Waals surface area contributed by atoms with E-state index < -0.39 is 0 Å². The molecule has 2 rings (SSSR count). The third-order valence-electron chi connectivity index (χ3n) is 3.27. The summed E-state index contributed by atoms with van der Waals surface area (Å²) in [6.45, 7) is 3.21. The Morgan fingerprint density at radius 1 is 1.32 bits per heavy atom. The summed E-state index contributed by atoms with van der Waals surface area (Å²) in [6, 6.07) is 6.10. The van der Waals surface area contributed by atoms with Crippen LogP contribution in [-0.2, 0) is 13.0 Å². The van der Waals surface area contributed by atoms with Crippen LogP contribution in [0, 0.1) is 0 Å². The van der Waals surface area contributed by atoms with Crippen molar-refractivity contribution in [2.24, 2.45) is 0 Å². The van der Waals surface area contributed by atoms with Crippen molar-refractivity contribution in [2.75, 3.05) is 13.0 Å². The van der Waals surface area contributed by atoms with E-state index in [-0.39, 0.29) is 0 Å². The first-order valence-electron chi connectivity index (χ1n) is 6.89. The summed E-state index contributed by atoms with van der Waals surface area (Å²) in [6.07, 6.45) is 4.23. The first-order chi connectivity index (χ1) is 9.30. The molecule has 0 saturated carbocycles. The van der Waals surface area contributed by atoms with Gasteiger partial charge in [0.05, 0.1) is 18.1 Å². The fourth-order valence-electron chi connectivity index (χ4n) is 2.33. The molecule has 0 unspecified atom stereocenters. The van der Waals surface area contributed by atoms with Crippen molar-refractivity contribution in [3.8, 4) is 5.75 Å². The number of rotatable bonds is 7. The van der Waals surface area contributed by atoms with Crippen LogP contribution in [-0.4, -0.2) is 22.5 Å². The van der Waals surface area contributed by atoms with Gasteiger partial charge in [-0.15, -0.1) is 11.6 Å². The van der Waals surface area contributed by atoms with E-state index in [0.29, 0.717) is 0 Å². The number of imidazole rings is 1. The molecule has 0 aliphatic carbocycles. The Morgan fingerprint density at radius 2 is 2.16 bits per heavy atom. The lowest BCUT2D eigenvalue weighted by molar-refractivity contribution is 0.415. The van der Waals surface area contributed by atoms with Gasteiger partial charge >= 0.3 is 0 Å². The van der Waals surface area contributed by atoms with E-state index in [0.717, 1.165) is 55.2 Å². The predicted molar refractivity (Wildman–Crippen MR) is 80.2 cm³/mol. The van der Waals surface area contributed by atoms with Crippen molar-refractivity contribution >= 4 is 22.6 Å². The number of alkyl halides is 1. The minimum absolute atomic E-state index is 0.724. The monoisotopic (exact) mass is 280 g/mol. The van der Waals surface area contributed by atoms with Gasteiger partial charge in [-0.2, -0.15) is 0 Å². The Labute approximate surface area is 119 Å². The smallest absolute Gasteiger partial charge is 0.121 e. The number of fused-ring (bicyclic) bond motifs is 1. The fraction of sp³-hybridized carbons (Fsp3) is 0.533. The second-order valence-corrected chi connectivity index (χ2v) is 5.06. The van der Waals surface area contributed by atoms with Crippen LogP contribution < -0.4 is 4.74 Å². The zero-order valence-corrected chi connectivity index (χ0v) is 12.4. The normalized spacial score (nSPS) is 11.1. The minimum Gasteiger partial charge on any atom is -0.497 e. The van der Waals surface area contributed by atoms with Crippen LogP contribution in [0.1, 0.15) is 32.0 Å². The summed E-state index contributed by atoms with van der Waals surface area (Å²) in [5.41, 5.74) is 2.22. The van der Waals surface area contributed by atoms with Crippen LogP contribution in [0.4, 0.5) is 0 Å². The molecule has 0 radical (unpaired) electrons. The number of unbranched alkanes of at least 4 members (excludes halogenated alkanes) is 1. The van der Waals surface area contributed by atoms with E-state index in [4.69, 9.17) is 21.3 Å². The lowest BCUT2D eigenvalue weighted by Gasteiger charge is -2.07. The molecule has 4 heteroatoms. The molecular formula is C15H21ClN2O. The van der Waals surface area contributed by atoms with Crippen molar-refractivity contribution in [1.29, 1.82) is 0 Å². The van der Waals surface area contributed by atoms with E-state index in [1.165, 1.54) is 5.52 Å². The lowest BCUT2D eigenvalue weighted by Crippen LogP contribution is -2.03. The predicted octanol–water partition coefficient (Wildman–Crippen LogP) is 4.02. The average Bonchev–Trinajstić information content (AvgIpc) is 2.77. The lowest BCUT2D eigenvalue weighted by atomic mass is 10.2. The van der Waals surface area contributed by atoms with Crippen LogP contribution in [0.5, 0.6) is 5.75 Å². The second-order valence-electron chi connectivity index (χ2n) is 4.68. The zero-order valence-electron chi connectivity index (χ0n) is 11.7. The maximum absolute atomic E-state index is 5.74. The molecule has 0 amide bonds. The number of hydrogen-bond acceptors (Lipinski definition) is 2. The maximum Gasteiger partial charge on any atom is 0.121 e. The summed E-state index contributed by atoms with van der Waals surface area (Å²) in [4.78, 5) is 4.75. The molecule has 0 aliphatic heterocycles. The summed E-state index contributed by atoms with van der Waals surface area (Å²) >= 11 is 5.74. The Hall–Kier alpha value is -1.22. The molecule has 1 aromatic carbocycles. The van der Waals surface area contributed by atoms with Gasteiger partial charge in [0.1, 0.15) is 11.6 Å². The summed E-state index contributed by atoms with van der Waals surface area (Å²) in [5, 5.41) is 0. The van der Waals surface area contributed by atoms with Gasteiger partial charge in [0.15, 0.2) is 0 Å². The van der Waals surface area contributed by atoms with Crippen molar-refractivity contribution < 1.29 is 4.74 Å². The molecule has 0 saturated heterocycles. The minimum atomic E-state index is 0.724. The SMILES string of the molecule is CCCn1c(CCCCCl)nc2cc(OC)ccc21. The molecule has 0 spiro atoms. The third kappa shape index (κ3) is 3.21. The van der Waals surface area contributed by atoms with Gasteiger partial charge in [-0.05, 0) is 31.4 Å². The van der Waals surface area contributed by atoms with E-state index in [2.05, 4.69) is 17.6 Å². The molecule has 19 heavy (non-hydrogen) atoms. The standard InChI is InChI=1S/C15H21ClN2O/c1-3-10-18-14-8-7-12(19-2)11-13(14)17-15(18)6-4-5-9-16/h7-8,11H,3-6,9-10H2,1-2H3. The van der Waals surface area contributed by atoms with Crippen molar-refractivity contribution in [3.63, 3.8) is 0 Å². The van der Waals surface area contributed by atoms with E-state index in [1.54, 1.807) is 7.11 Å². The first kappa shape index (κ1) is 14.2. The first-order valence-corrected chi connectivity index (χ1v) is 7.42. The maximum atomic E-state index is 5.74. The second kappa shape index (κ2) is 6.80. The van der Waals surface area contributed by atoms with E-state index in [9.17, 15) is 0 Å². The Balaban J connectivity index is 2.34. The quantitative estimate of drug-likeness (QED) is 0.566. The topological polar surface area (TPSA) is 27.1 Å². The number of hydrogen-bond donors (Lipinski definition) is 0. The molecule has 3 nitrogen and oxygen atoms in total. The number of ether oxygens (including phenoxy) is 1. The van der Waals surface area contributed by atoms with Gasteiger partial charge in [0, 0.05) is 24.9 Å². The van der Waals surface area contributed by atoms with Crippen LogP contribution >= 0.6 is 11.6 Å². The molecule has 0 bridgehead atoms. The van der Waals surface area contributed by atoms with Gasteiger partial charge in [0.25, 0.3) is 0 Å². The molecule has 104 valence electrons. The van der Waals surface area contributed by atoms with Gasteiger partial charge in [-0.1, -0.05) is 6.92 Å². The van der Waals surface area contributed by atoms with Crippen molar-refractivity contribution in [1.82, 2.24) is 9.55 Å². The van der Waals surface area contributed by atoms with Crippen molar-refractivity contribution in [2.45, 2.75) is 39.2 Å². The Morgan fingerprint density at radius 3 is 2.84 bits per heavy atom. The fourth-order valence-corrected chi connectivity index (χ4v) is 2.52. The molecule has 1 aromatic heterocycles. The largest absolute Gasteiger partial charge is 0.497 e. The van der Waals surface area contributed by atoms with Crippen LogP contribution in [0.25, 0.3) is 11.0 Å². The van der Waals surface area contributed by atoms with Gasteiger partial charge in [-0.25, -0.2) is 4.98 Å². The molecule has 0 N–H and O–H groups in total. The highest BCUT2D eigenvalue weighted by Gasteiger charge is 2.10. The zero-order chi connectivity index (χ0) is 13.7. The summed E-state index contributed by atoms with van der Waals surface area (Å²) < 4.78 is 7.59. The van der Waals surface area contributed by atoms with Crippen LogP contribution in [0.3, 0.4) is 0 Å². The molecule has 0 fully saturated rings. The average molecular weight is 281 g/mol. The summed E-state index contributed by atoms with van der Waals surface area (Å²) in [5.74, 6) is 2.75. The van der Waals surface area contributed by atoms with Gasteiger partial charge in [0.2, 0.25) is 0 Å². The number of methoxy groups -OCH3 is 1. The molecular weight excluding hydrogens is 260 g/mol. The molecule has 2 aromatic rings. The Bertz CT molecular complexity index is 536. The molecule has 0 atom stereocenters. The number of benzene rings is 1. The number of aromatic nitrogens is 2. The van der Waals surface area contributed by atoms with Crippen LogP contribution in [0.15, 0.2) is 18.2 Å². The highest BCUT2D eigenvalue weighted by atomic mass is 35.5. The summed E-state index contributed by atoms with van der Waals surface area (Å²) in [7, 11) is 1.69. The number of aryl methyl sites for hydroxylation is 2. The van der Waals surface area contributed by atoms with Crippen molar-refractivity contribution in [3.05, 3.63) is 24.0 Å². The van der Waals surface area contributed by atoms with Crippen LogP contribution in [0.2, 0.25) is 0 Å². The highest BCUT2D eigenvalue weighted by molar-refractivity contribution is 6.17. The van der Waals surface area contributed by atoms with E-state index in [1.807, 2.05) is 12.1 Å². The molecule has 0 aliphatic rings. The van der Waals surface area contributed by atoms with Gasteiger partial charge < -0.3 is 9.30 Å². The van der Waals surface area contributed by atoms with E-state index >= 15 is 0 Å². The Kier molecular flexibility index (Phi) is 5.08. The van der Waals surface area contributed by atoms with Gasteiger partial charge in [-0.3, -0.25) is 0 Å². The number of nitrogens with zero attached hydrogens (tertiary/aromatic N) is 2. The molecule has 1 heterocycles.